The Labute approximate surface area is 430 Å². The van der Waals surface area contributed by atoms with Crippen LogP contribution in [0.2, 0.25) is 0 Å². The van der Waals surface area contributed by atoms with E-state index in [-0.39, 0.29) is 12.0 Å². The van der Waals surface area contributed by atoms with Gasteiger partial charge in [-0.3, -0.25) is 0 Å². The summed E-state index contributed by atoms with van der Waals surface area (Å²) in [4.78, 5) is 4.83. The Morgan fingerprint density at radius 2 is 0.932 bits per heavy atom. The highest BCUT2D eigenvalue weighted by Crippen LogP contribution is 2.69. The van der Waals surface area contributed by atoms with Crippen LogP contribution in [-0.2, 0) is 5.41 Å². The van der Waals surface area contributed by atoms with Crippen LogP contribution in [0.1, 0.15) is 39.8 Å². The Balaban J connectivity index is 0.991. The van der Waals surface area contributed by atoms with Crippen LogP contribution in [0.5, 0.6) is 11.5 Å². The molecule has 3 aliphatic carbocycles. The topological polar surface area (TPSA) is 29.9 Å². The quantitative estimate of drug-likeness (QED) is 0.144. The summed E-state index contributed by atoms with van der Waals surface area (Å²) in [5.41, 5.74) is 22.9. The third-order valence-electron chi connectivity index (χ3n) is 16.4. The second kappa shape index (κ2) is 16.4. The normalized spacial score (nSPS) is 16.1. The fourth-order valence-electron chi connectivity index (χ4n) is 13.4. The predicted molar refractivity (Wildman–Crippen MR) is 303 cm³/mol. The van der Waals surface area contributed by atoms with E-state index >= 15 is 0 Å². The van der Waals surface area contributed by atoms with Gasteiger partial charge in [-0.15, -0.1) is 0 Å². The van der Waals surface area contributed by atoms with Crippen LogP contribution in [0, 0.1) is 0 Å². The number of ether oxygens (including phenoxy) is 2. The highest BCUT2D eigenvalue weighted by molar-refractivity contribution is 6.12. The number of para-hydroxylation sites is 4. The van der Waals surface area contributed by atoms with Crippen molar-refractivity contribution in [1.29, 1.82) is 0 Å². The maximum Gasteiger partial charge on any atom is 0.119 e. The molecule has 1 aromatic heterocycles. The number of aromatic nitrogens is 1. The molecule has 0 radical (unpaired) electrons. The van der Waals surface area contributed by atoms with Crippen molar-refractivity contribution in [2.24, 2.45) is 0 Å². The van der Waals surface area contributed by atoms with Crippen LogP contribution in [-0.4, -0.2) is 18.8 Å². The van der Waals surface area contributed by atoms with Gasteiger partial charge in [-0.1, -0.05) is 146 Å². The third kappa shape index (κ3) is 5.92. The molecular formula is C69H49N3O2. The first-order chi connectivity index (χ1) is 36.6. The standard InChI is InChI=1S/C69H49N3O2/c1-73-51-37-33-49(34-38-51)70(46-16-5-3-6-17-46)48-31-28-44(29-32-48)45-30-41-57-61(42-45)69(59-25-12-9-20-53(59)54-21-10-13-26-60(54)69)62-43-64(71(47-18-7-4-8-19-47)50-35-39-52(74-2)40-36-50)66-58-24-15-23-56-55-22-11-14-27-63(55)72(67(56)58)68(66)65(57)62/h3-43,66,68H,1-2H3. The van der Waals surface area contributed by atoms with Crippen LogP contribution in [0.4, 0.5) is 28.4 Å². The maximum atomic E-state index is 5.75. The van der Waals surface area contributed by atoms with Gasteiger partial charge in [0.15, 0.2) is 0 Å². The second-order valence-electron chi connectivity index (χ2n) is 19.8. The lowest BCUT2D eigenvalue weighted by molar-refractivity contribution is 0.414. The monoisotopic (exact) mass is 951 g/mol. The lowest BCUT2D eigenvalue weighted by atomic mass is 9.67. The summed E-state index contributed by atoms with van der Waals surface area (Å²) in [5, 5.41) is 2.59. The molecular weight excluding hydrogens is 903 g/mol. The van der Waals surface area contributed by atoms with E-state index in [2.05, 4.69) is 251 Å². The summed E-state index contributed by atoms with van der Waals surface area (Å²) in [6, 6.07) is 89.2. The SMILES string of the molecule is COc1ccc(N(C2=CC3=C(c4ccc(-c5ccc(N(c6ccccc6)c6ccc(OC)cc6)cc5)cc4C34c3ccccc3-c3ccccc34)C3C2c2cccc4c5ccccc5n3c24)c2ccccc2)cc1. The molecule has 74 heavy (non-hydrogen) atoms. The van der Waals surface area contributed by atoms with E-state index in [0.29, 0.717) is 0 Å². The highest BCUT2D eigenvalue weighted by atomic mass is 16.5. The molecule has 10 aromatic carbocycles. The first-order valence-corrected chi connectivity index (χ1v) is 25.5. The lowest BCUT2D eigenvalue weighted by Crippen LogP contribution is -2.32. The molecule has 2 unspecified atom stereocenters. The zero-order chi connectivity index (χ0) is 49.1. The summed E-state index contributed by atoms with van der Waals surface area (Å²) < 4.78 is 14.0. The van der Waals surface area contributed by atoms with E-state index in [4.69, 9.17) is 9.47 Å². The minimum absolute atomic E-state index is 0.0141. The van der Waals surface area contributed by atoms with Crippen molar-refractivity contribution in [3.8, 4) is 33.8 Å². The molecule has 2 heterocycles. The molecule has 352 valence electrons. The maximum absolute atomic E-state index is 5.75. The minimum Gasteiger partial charge on any atom is -0.497 e. The molecule has 1 spiro atoms. The average molecular weight is 952 g/mol. The van der Waals surface area contributed by atoms with E-state index < -0.39 is 5.41 Å². The molecule has 0 bridgehead atoms. The van der Waals surface area contributed by atoms with Crippen LogP contribution < -0.4 is 19.3 Å². The highest BCUT2D eigenvalue weighted by Gasteiger charge is 2.58. The first kappa shape index (κ1) is 42.4. The van der Waals surface area contributed by atoms with Gasteiger partial charge in [-0.25, -0.2) is 0 Å². The van der Waals surface area contributed by atoms with Crippen LogP contribution in [0.15, 0.2) is 260 Å². The predicted octanol–water partition coefficient (Wildman–Crippen LogP) is 17.1. The lowest BCUT2D eigenvalue weighted by Gasteiger charge is -2.40. The van der Waals surface area contributed by atoms with Gasteiger partial charge in [0.1, 0.15) is 11.5 Å². The first-order valence-electron chi connectivity index (χ1n) is 25.5. The number of allylic oxidation sites excluding steroid dienone is 4. The van der Waals surface area contributed by atoms with Gasteiger partial charge >= 0.3 is 0 Å². The third-order valence-corrected chi connectivity index (χ3v) is 16.4. The van der Waals surface area contributed by atoms with Gasteiger partial charge in [0, 0.05) is 50.4 Å². The van der Waals surface area contributed by atoms with Crippen molar-refractivity contribution in [3.63, 3.8) is 0 Å². The summed E-state index contributed by atoms with van der Waals surface area (Å²) in [6.45, 7) is 0. The molecule has 1 aliphatic heterocycles. The van der Waals surface area contributed by atoms with E-state index in [1.165, 1.54) is 83.2 Å². The average Bonchev–Trinajstić information content (AvgIpc) is 4.37. The number of rotatable bonds is 9. The Morgan fingerprint density at radius 3 is 1.57 bits per heavy atom. The van der Waals surface area contributed by atoms with Gasteiger partial charge in [0.25, 0.3) is 0 Å². The summed E-state index contributed by atoms with van der Waals surface area (Å²) in [6.07, 6.45) is 2.62. The van der Waals surface area contributed by atoms with Gasteiger partial charge in [-0.05, 0) is 164 Å². The number of fused-ring (bicyclic) bond motifs is 16. The Morgan fingerprint density at radius 1 is 0.419 bits per heavy atom. The Hall–Kier alpha value is -9.32. The van der Waals surface area contributed by atoms with E-state index in [0.717, 1.165) is 45.5 Å². The van der Waals surface area contributed by atoms with Crippen molar-refractivity contribution in [2.45, 2.75) is 17.4 Å². The number of hydrogen-bond donors (Lipinski definition) is 0. The molecule has 0 saturated heterocycles. The zero-order valence-electron chi connectivity index (χ0n) is 41.0. The molecule has 0 fully saturated rings. The molecule has 0 amide bonds. The van der Waals surface area contributed by atoms with Crippen molar-refractivity contribution in [2.75, 3.05) is 24.0 Å². The van der Waals surface area contributed by atoms with Crippen LogP contribution in [0.25, 0.3) is 49.6 Å². The summed E-state index contributed by atoms with van der Waals surface area (Å²) in [7, 11) is 3.45. The Kier molecular flexibility index (Phi) is 9.36. The van der Waals surface area contributed by atoms with E-state index in [9.17, 15) is 0 Å². The number of hydrogen-bond acceptors (Lipinski definition) is 4. The fourth-order valence-corrected chi connectivity index (χ4v) is 13.4. The summed E-state index contributed by atoms with van der Waals surface area (Å²) >= 11 is 0. The smallest absolute Gasteiger partial charge is 0.119 e. The number of methoxy groups -OCH3 is 2. The van der Waals surface area contributed by atoms with Crippen LogP contribution in [0.3, 0.4) is 0 Å². The molecule has 5 nitrogen and oxygen atoms in total. The fraction of sp³-hybridized carbons (Fsp3) is 0.0725. The molecule has 5 heteroatoms. The van der Waals surface area contributed by atoms with Gasteiger partial charge in [0.2, 0.25) is 0 Å². The largest absolute Gasteiger partial charge is 0.497 e. The molecule has 4 aliphatic rings. The second-order valence-corrected chi connectivity index (χ2v) is 19.8. The van der Waals surface area contributed by atoms with Crippen molar-refractivity contribution < 1.29 is 9.47 Å². The molecule has 0 saturated carbocycles. The van der Waals surface area contributed by atoms with Crippen LogP contribution >= 0.6 is 0 Å². The van der Waals surface area contributed by atoms with Crippen molar-refractivity contribution in [3.05, 3.63) is 288 Å². The molecule has 11 aromatic rings. The zero-order valence-corrected chi connectivity index (χ0v) is 41.0. The van der Waals surface area contributed by atoms with Gasteiger partial charge in [-0.2, -0.15) is 0 Å². The van der Waals surface area contributed by atoms with Crippen molar-refractivity contribution in [1.82, 2.24) is 4.57 Å². The number of anilines is 5. The van der Waals surface area contributed by atoms with Gasteiger partial charge < -0.3 is 23.8 Å². The summed E-state index contributed by atoms with van der Waals surface area (Å²) in [5.74, 6) is 1.64. The number of nitrogens with zero attached hydrogens (tertiary/aromatic N) is 3. The van der Waals surface area contributed by atoms with Crippen molar-refractivity contribution >= 4 is 55.8 Å². The molecule has 2 atom stereocenters. The van der Waals surface area contributed by atoms with Gasteiger partial charge in [0.05, 0.1) is 37.1 Å². The van der Waals surface area contributed by atoms with E-state index in [1.54, 1.807) is 14.2 Å². The minimum atomic E-state index is -0.623. The molecule has 15 rings (SSSR count). The number of benzene rings is 10. The van der Waals surface area contributed by atoms with E-state index in [1.807, 2.05) is 12.1 Å². The molecule has 0 N–H and O–H groups in total. The Bertz CT molecular complexity index is 4050.